The summed E-state index contributed by atoms with van der Waals surface area (Å²) in [6.07, 6.45) is 2.36. The molecule has 0 saturated carbocycles. The van der Waals surface area contributed by atoms with E-state index in [1.165, 1.54) is 0 Å². The van der Waals surface area contributed by atoms with Crippen molar-refractivity contribution in [3.8, 4) is 5.75 Å². The van der Waals surface area contributed by atoms with E-state index in [-0.39, 0.29) is 18.9 Å². The van der Waals surface area contributed by atoms with Gasteiger partial charge in [0.2, 0.25) is 0 Å². The number of hydrogen-bond donors (Lipinski definition) is 2. The molecular formula is C18H20BrNO4. The van der Waals surface area contributed by atoms with Gasteiger partial charge in [0.1, 0.15) is 5.75 Å². The molecule has 0 radical (unpaired) electrons. The summed E-state index contributed by atoms with van der Waals surface area (Å²) in [5, 5.41) is 13.4. The Kier molecular flexibility index (Phi) is 7.06. The lowest BCUT2D eigenvalue weighted by atomic mass is 10.1. The van der Waals surface area contributed by atoms with E-state index in [4.69, 9.17) is 9.84 Å². The van der Waals surface area contributed by atoms with Gasteiger partial charge in [0, 0.05) is 17.4 Å². The summed E-state index contributed by atoms with van der Waals surface area (Å²) in [4.78, 5) is 22.1. The lowest BCUT2D eigenvalue weighted by molar-refractivity contribution is -0.137. The molecule has 0 aliphatic heterocycles. The number of carbonyl (C=O) groups excluding carboxylic acids is 1. The minimum absolute atomic E-state index is 0.0306. The third kappa shape index (κ3) is 6.20. The average Bonchev–Trinajstić information content (AvgIpc) is 2.55. The lowest BCUT2D eigenvalue weighted by Gasteiger charge is -2.08. The number of nitrogens with one attached hydrogen (secondary N) is 1. The van der Waals surface area contributed by atoms with Crippen molar-refractivity contribution in [1.82, 2.24) is 5.32 Å². The fraction of sp³-hybridized carbons (Fsp3) is 0.333. The van der Waals surface area contributed by atoms with Crippen molar-refractivity contribution in [1.29, 1.82) is 0 Å². The molecule has 2 N–H and O–H groups in total. The summed E-state index contributed by atoms with van der Waals surface area (Å²) in [5.74, 6) is -0.305. The van der Waals surface area contributed by atoms with E-state index in [0.717, 1.165) is 28.1 Å². The van der Waals surface area contributed by atoms with Gasteiger partial charge in [-0.2, -0.15) is 0 Å². The average molecular weight is 394 g/mol. The van der Waals surface area contributed by atoms with Crippen LogP contribution >= 0.6 is 15.9 Å². The van der Waals surface area contributed by atoms with Crippen molar-refractivity contribution < 1.29 is 19.4 Å². The lowest BCUT2D eigenvalue weighted by Crippen LogP contribution is -2.29. The van der Waals surface area contributed by atoms with Gasteiger partial charge in [-0.15, -0.1) is 0 Å². The van der Waals surface area contributed by atoms with Crippen molar-refractivity contribution >= 4 is 38.6 Å². The molecule has 5 nitrogen and oxygen atoms in total. The second-order valence-corrected chi connectivity index (χ2v) is 6.41. The topological polar surface area (TPSA) is 75.6 Å². The largest absolute Gasteiger partial charge is 0.484 e. The van der Waals surface area contributed by atoms with Crippen LogP contribution < -0.4 is 10.1 Å². The van der Waals surface area contributed by atoms with Crippen LogP contribution in [0.4, 0.5) is 0 Å². The predicted octanol–water partition coefficient (Wildman–Crippen LogP) is 3.74. The number of fused-ring (bicyclic) bond motifs is 1. The Morgan fingerprint density at radius 3 is 2.58 bits per heavy atom. The Bertz CT molecular complexity index is 717. The van der Waals surface area contributed by atoms with Crippen LogP contribution in [-0.4, -0.2) is 30.1 Å². The summed E-state index contributed by atoms with van der Waals surface area (Å²) in [5.41, 5.74) is 0. The van der Waals surface area contributed by atoms with E-state index in [1.807, 2.05) is 36.4 Å². The molecule has 0 saturated heterocycles. The molecule has 0 heterocycles. The normalized spacial score (nSPS) is 10.5. The van der Waals surface area contributed by atoms with Crippen LogP contribution in [0.1, 0.15) is 25.7 Å². The Balaban J connectivity index is 1.70. The quantitative estimate of drug-likeness (QED) is 0.636. The van der Waals surface area contributed by atoms with E-state index < -0.39 is 5.97 Å². The summed E-state index contributed by atoms with van der Waals surface area (Å²) in [6, 6.07) is 11.7. The SMILES string of the molecule is O=C(O)CCCCCNC(=O)COc1ccc2cc(Br)ccc2c1. The Hall–Kier alpha value is -2.08. The van der Waals surface area contributed by atoms with Crippen LogP contribution in [0.15, 0.2) is 40.9 Å². The Morgan fingerprint density at radius 1 is 1.04 bits per heavy atom. The summed E-state index contributed by atoms with van der Waals surface area (Å²) < 4.78 is 6.53. The first kappa shape index (κ1) is 18.3. The maximum absolute atomic E-state index is 11.7. The highest BCUT2D eigenvalue weighted by molar-refractivity contribution is 9.10. The fourth-order valence-corrected chi connectivity index (χ4v) is 2.67. The predicted molar refractivity (Wildman–Crippen MR) is 96.3 cm³/mol. The molecule has 24 heavy (non-hydrogen) atoms. The minimum Gasteiger partial charge on any atom is -0.484 e. The number of benzene rings is 2. The van der Waals surface area contributed by atoms with Crippen LogP contribution in [0, 0.1) is 0 Å². The van der Waals surface area contributed by atoms with Crippen LogP contribution in [0.2, 0.25) is 0 Å². The zero-order valence-corrected chi connectivity index (χ0v) is 14.8. The molecule has 2 aromatic carbocycles. The first-order valence-electron chi connectivity index (χ1n) is 7.85. The summed E-state index contributed by atoms with van der Waals surface area (Å²) >= 11 is 3.43. The highest BCUT2D eigenvalue weighted by Gasteiger charge is 2.04. The molecule has 2 rings (SSSR count). The van der Waals surface area contributed by atoms with Crippen LogP contribution in [0.3, 0.4) is 0 Å². The molecule has 0 aliphatic carbocycles. The number of carboxylic acid groups (broad SMARTS) is 1. The van der Waals surface area contributed by atoms with Crippen LogP contribution in [0.25, 0.3) is 10.8 Å². The van der Waals surface area contributed by atoms with E-state index in [1.54, 1.807) is 0 Å². The Labute approximate surface area is 149 Å². The molecule has 0 bridgehead atoms. The van der Waals surface area contributed by atoms with Crippen molar-refractivity contribution in [2.45, 2.75) is 25.7 Å². The van der Waals surface area contributed by atoms with Gasteiger partial charge < -0.3 is 15.2 Å². The van der Waals surface area contributed by atoms with Gasteiger partial charge in [0.15, 0.2) is 6.61 Å². The molecule has 2 aromatic rings. The number of aliphatic carboxylic acids is 1. The second-order valence-electron chi connectivity index (χ2n) is 5.50. The first-order chi connectivity index (χ1) is 11.5. The van der Waals surface area contributed by atoms with Gasteiger partial charge >= 0.3 is 5.97 Å². The molecule has 0 aliphatic rings. The maximum Gasteiger partial charge on any atom is 0.303 e. The van der Waals surface area contributed by atoms with Gasteiger partial charge in [-0.3, -0.25) is 9.59 Å². The second kappa shape index (κ2) is 9.27. The molecular weight excluding hydrogens is 374 g/mol. The zero-order valence-electron chi connectivity index (χ0n) is 13.3. The number of carboxylic acids is 1. The fourth-order valence-electron chi connectivity index (χ4n) is 2.29. The molecule has 0 atom stereocenters. The number of ether oxygens (including phenoxy) is 1. The van der Waals surface area contributed by atoms with E-state index in [2.05, 4.69) is 21.2 Å². The molecule has 0 spiro atoms. The molecule has 6 heteroatoms. The van der Waals surface area contributed by atoms with Crippen molar-refractivity contribution in [3.63, 3.8) is 0 Å². The van der Waals surface area contributed by atoms with Gasteiger partial charge in [-0.1, -0.05) is 34.5 Å². The van der Waals surface area contributed by atoms with E-state index in [0.29, 0.717) is 18.7 Å². The standard InChI is InChI=1S/C18H20BrNO4/c19-15-7-5-14-11-16(8-6-13(14)10-15)24-12-17(21)20-9-3-1-2-4-18(22)23/h5-8,10-11H,1-4,9,12H2,(H,20,21)(H,22,23). The molecule has 0 unspecified atom stereocenters. The summed E-state index contributed by atoms with van der Waals surface area (Å²) in [6.45, 7) is 0.505. The minimum atomic E-state index is -0.782. The smallest absolute Gasteiger partial charge is 0.303 e. The maximum atomic E-state index is 11.7. The Morgan fingerprint density at radius 2 is 1.79 bits per heavy atom. The highest BCUT2D eigenvalue weighted by atomic mass is 79.9. The monoisotopic (exact) mass is 393 g/mol. The molecule has 0 aromatic heterocycles. The number of carbonyl (C=O) groups is 2. The van der Waals surface area contributed by atoms with Crippen LogP contribution in [-0.2, 0) is 9.59 Å². The highest BCUT2D eigenvalue weighted by Crippen LogP contribution is 2.24. The van der Waals surface area contributed by atoms with Gasteiger partial charge in [0.05, 0.1) is 0 Å². The number of halogens is 1. The van der Waals surface area contributed by atoms with Crippen molar-refractivity contribution in [2.75, 3.05) is 13.2 Å². The number of rotatable bonds is 9. The molecule has 1 amide bonds. The van der Waals surface area contributed by atoms with Crippen LogP contribution in [0.5, 0.6) is 5.75 Å². The third-order valence-electron chi connectivity index (χ3n) is 3.53. The number of amides is 1. The van der Waals surface area contributed by atoms with Gasteiger partial charge in [0.25, 0.3) is 5.91 Å². The molecule has 128 valence electrons. The van der Waals surface area contributed by atoms with E-state index >= 15 is 0 Å². The van der Waals surface area contributed by atoms with Crippen molar-refractivity contribution in [2.24, 2.45) is 0 Å². The number of hydrogen-bond acceptors (Lipinski definition) is 3. The van der Waals surface area contributed by atoms with Crippen molar-refractivity contribution in [3.05, 3.63) is 40.9 Å². The summed E-state index contributed by atoms with van der Waals surface area (Å²) in [7, 11) is 0. The number of unbranched alkanes of at least 4 members (excludes halogenated alkanes) is 2. The molecule has 0 fully saturated rings. The third-order valence-corrected chi connectivity index (χ3v) is 4.03. The first-order valence-corrected chi connectivity index (χ1v) is 8.64. The van der Waals surface area contributed by atoms with Gasteiger partial charge in [-0.05, 0) is 47.9 Å². The van der Waals surface area contributed by atoms with E-state index in [9.17, 15) is 9.59 Å². The van der Waals surface area contributed by atoms with Gasteiger partial charge in [-0.25, -0.2) is 0 Å². The zero-order chi connectivity index (χ0) is 17.4.